The van der Waals surface area contributed by atoms with Crippen LogP contribution in [0, 0.1) is 13.8 Å². The van der Waals surface area contributed by atoms with Gasteiger partial charge in [-0.3, -0.25) is 0 Å². The summed E-state index contributed by atoms with van der Waals surface area (Å²) < 4.78 is 16.7. The smallest absolute Gasteiger partial charge is 0.257 e. The molecule has 0 saturated carbocycles. The van der Waals surface area contributed by atoms with Gasteiger partial charge in [-0.05, 0) is 44.4 Å². The number of hydrogen-bond acceptors (Lipinski definition) is 6. The summed E-state index contributed by atoms with van der Waals surface area (Å²) in [5.41, 5.74) is 3.29. The zero-order valence-electron chi connectivity index (χ0n) is 16.8. The van der Waals surface area contributed by atoms with Gasteiger partial charge < -0.3 is 19.5 Å². The van der Waals surface area contributed by atoms with Crippen LogP contribution in [0.1, 0.15) is 37.9 Å². The quantitative estimate of drug-likeness (QED) is 0.754. The van der Waals surface area contributed by atoms with Gasteiger partial charge >= 0.3 is 0 Å². The Morgan fingerprint density at radius 2 is 1.50 bits per heavy atom. The SMILES string of the molecule is CCC(CC)Nc1nc(C)c(-c2c(OC)cc(C)cc2OC)nc1OC. The van der Waals surface area contributed by atoms with Gasteiger partial charge in [-0.25, -0.2) is 9.97 Å². The molecular weight excluding hydrogens is 330 g/mol. The average molecular weight is 359 g/mol. The molecule has 0 saturated heterocycles. The molecule has 0 aliphatic rings. The number of aryl methyl sites for hydroxylation is 2. The lowest BCUT2D eigenvalue weighted by Gasteiger charge is -2.20. The lowest BCUT2D eigenvalue weighted by molar-refractivity contribution is 0.392. The fourth-order valence-corrected chi connectivity index (χ4v) is 2.94. The van der Waals surface area contributed by atoms with Crippen molar-refractivity contribution in [3.8, 4) is 28.6 Å². The van der Waals surface area contributed by atoms with Gasteiger partial charge in [-0.1, -0.05) is 13.8 Å². The molecule has 1 heterocycles. The van der Waals surface area contributed by atoms with Crippen molar-refractivity contribution in [2.24, 2.45) is 0 Å². The summed E-state index contributed by atoms with van der Waals surface area (Å²) in [6.45, 7) is 8.21. The molecule has 142 valence electrons. The number of benzene rings is 1. The molecule has 2 rings (SSSR count). The summed E-state index contributed by atoms with van der Waals surface area (Å²) >= 11 is 0. The number of methoxy groups -OCH3 is 3. The maximum atomic E-state index is 5.58. The zero-order chi connectivity index (χ0) is 19.3. The number of nitrogens with one attached hydrogen (secondary N) is 1. The third kappa shape index (κ3) is 4.00. The third-order valence-electron chi connectivity index (χ3n) is 4.44. The highest BCUT2D eigenvalue weighted by molar-refractivity contribution is 5.77. The van der Waals surface area contributed by atoms with E-state index < -0.39 is 0 Å². The van der Waals surface area contributed by atoms with Crippen LogP contribution < -0.4 is 19.5 Å². The Labute approximate surface area is 155 Å². The Bertz CT molecular complexity index is 733. The second-order valence-corrected chi connectivity index (χ2v) is 6.22. The van der Waals surface area contributed by atoms with Crippen LogP contribution in [0.25, 0.3) is 11.3 Å². The predicted molar refractivity (Wildman–Crippen MR) is 105 cm³/mol. The maximum absolute atomic E-state index is 5.58. The van der Waals surface area contributed by atoms with Crippen LogP contribution in [0.3, 0.4) is 0 Å². The van der Waals surface area contributed by atoms with E-state index in [-0.39, 0.29) is 0 Å². The molecule has 26 heavy (non-hydrogen) atoms. The second-order valence-electron chi connectivity index (χ2n) is 6.22. The first-order valence-electron chi connectivity index (χ1n) is 8.91. The molecule has 0 fully saturated rings. The molecule has 1 aromatic carbocycles. The maximum Gasteiger partial charge on any atom is 0.257 e. The third-order valence-corrected chi connectivity index (χ3v) is 4.44. The first-order chi connectivity index (χ1) is 12.5. The number of anilines is 1. The molecule has 1 N–H and O–H groups in total. The molecule has 0 radical (unpaired) electrons. The number of ether oxygens (including phenoxy) is 3. The Morgan fingerprint density at radius 3 is 1.96 bits per heavy atom. The van der Waals surface area contributed by atoms with E-state index in [0.29, 0.717) is 34.9 Å². The highest BCUT2D eigenvalue weighted by Crippen LogP contribution is 2.41. The topological polar surface area (TPSA) is 65.5 Å². The predicted octanol–water partition coefficient (Wildman–Crippen LogP) is 4.39. The molecule has 0 bridgehead atoms. The van der Waals surface area contributed by atoms with E-state index in [9.17, 15) is 0 Å². The number of rotatable bonds is 8. The van der Waals surface area contributed by atoms with Crippen molar-refractivity contribution in [3.63, 3.8) is 0 Å². The van der Waals surface area contributed by atoms with Crippen LogP contribution in [0.4, 0.5) is 5.82 Å². The van der Waals surface area contributed by atoms with E-state index in [0.717, 1.165) is 29.7 Å². The Morgan fingerprint density at radius 1 is 0.923 bits per heavy atom. The average Bonchev–Trinajstić information content (AvgIpc) is 2.65. The highest BCUT2D eigenvalue weighted by atomic mass is 16.5. The van der Waals surface area contributed by atoms with Crippen molar-refractivity contribution in [3.05, 3.63) is 23.4 Å². The number of hydrogen-bond donors (Lipinski definition) is 1. The van der Waals surface area contributed by atoms with Gasteiger partial charge in [-0.2, -0.15) is 0 Å². The lowest BCUT2D eigenvalue weighted by atomic mass is 10.0. The van der Waals surface area contributed by atoms with E-state index in [4.69, 9.17) is 24.2 Å². The van der Waals surface area contributed by atoms with Crippen molar-refractivity contribution in [2.45, 2.75) is 46.6 Å². The largest absolute Gasteiger partial charge is 0.496 e. The molecule has 6 nitrogen and oxygen atoms in total. The monoisotopic (exact) mass is 359 g/mol. The van der Waals surface area contributed by atoms with Crippen LogP contribution in [-0.2, 0) is 0 Å². The fraction of sp³-hybridized carbons (Fsp3) is 0.500. The van der Waals surface area contributed by atoms with Crippen molar-refractivity contribution in [2.75, 3.05) is 26.6 Å². The minimum absolute atomic E-state index is 0.326. The van der Waals surface area contributed by atoms with Gasteiger partial charge in [-0.15, -0.1) is 0 Å². The summed E-state index contributed by atoms with van der Waals surface area (Å²) in [4.78, 5) is 9.44. The van der Waals surface area contributed by atoms with Crippen molar-refractivity contribution in [1.82, 2.24) is 9.97 Å². The van der Waals surface area contributed by atoms with Crippen LogP contribution in [0.15, 0.2) is 12.1 Å². The molecule has 0 aliphatic carbocycles. The van der Waals surface area contributed by atoms with E-state index in [2.05, 4.69) is 19.2 Å². The normalized spacial score (nSPS) is 10.8. The molecule has 1 aromatic heterocycles. The fourth-order valence-electron chi connectivity index (χ4n) is 2.94. The van der Waals surface area contributed by atoms with Crippen LogP contribution in [0.5, 0.6) is 17.4 Å². The van der Waals surface area contributed by atoms with Gasteiger partial charge in [0.1, 0.15) is 17.2 Å². The van der Waals surface area contributed by atoms with Gasteiger partial charge in [0.15, 0.2) is 5.82 Å². The minimum Gasteiger partial charge on any atom is -0.496 e. The molecular formula is C20H29N3O3. The molecule has 0 atom stereocenters. The van der Waals surface area contributed by atoms with Gasteiger partial charge in [0.2, 0.25) is 0 Å². The van der Waals surface area contributed by atoms with E-state index in [1.54, 1.807) is 21.3 Å². The van der Waals surface area contributed by atoms with Crippen LogP contribution >= 0.6 is 0 Å². The van der Waals surface area contributed by atoms with Crippen LogP contribution in [0.2, 0.25) is 0 Å². The van der Waals surface area contributed by atoms with Crippen LogP contribution in [-0.4, -0.2) is 37.3 Å². The van der Waals surface area contributed by atoms with E-state index in [1.807, 2.05) is 26.0 Å². The van der Waals surface area contributed by atoms with Crippen molar-refractivity contribution < 1.29 is 14.2 Å². The van der Waals surface area contributed by atoms with E-state index in [1.165, 1.54) is 0 Å². The Hall–Kier alpha value is -2.50. The zero-order valence-corrected chi connectivity index (χ0v) is 16.8. The minimum atomic E-state index is 0.326. The lowest BCUT2D eigenvalue weighted by Crippen LogP contribution is -2.19. The number of nitrogens with zero attached hydrogens (tertiary/aromatic N) is 2. The highest BCUT2D eigenvalue weighted by Gasteiger charge is 2.21. The first kappa shape index (κ1) is 19.8. The molecule has 0 unspecified atom stereocenters. The Balaban J connectivity index is 2.62. The summed E-state index contributed by atoms with van der Waals surface area (Å²) in [7, 11) is 4.88. The molecule has 0 aliphatic heterocycles. The van der Waals surface area contributed by atoms with Gasteiger partial charge in [0.25, 0.3) is 5.88 Å². The summed E-state index contributed by atoms with van der Waals surface area (Å²) in [5.74, 6) is 2.51. The second kappa shape index (κ2) is 8.74. The van der Waals surface area contributed by atoms with Crippen molar-refractivity contribution >= 4 is 5.82 Å². The standard InChI is InChI=1S/C20H29N3O3/c1-8-14(9-2)22-19-20(26-7)23-18(13(4)21-19)17-15(24-5)10-12(3)11-16(17)25-6/h10-11,14H,8-9H2,1-7H3,(H,21,22). The summed E-state index contributed by atoms with van der Waals surface area (Å²) in [6.07, 6.45) is 2.00. The summed E-state index contributed by atoms with van der Waals surface area (Å²) in [5, 5.41) is 3.42. The summed E-state index contributed by atoms with van der Waals surface area (Å²) in [6, 6.07) is 4.25. The molecule has 6 heteroatoms. The molecule has 0 amide bonds. The van der Waals surface area contributed by atoms with Crippen molar-refractivity contribution in [1.29, 1.82) is 0 Å². The van der Waals surface area contributed by atoms with Gasteiger partial charge in [0.05, 0.1) is 32.6 Å². The number of aromatic nitrogens is 2. The first-order valence-corrected chi connectivity index (χ1v) is 8.91. The molecule has 0 spiro atoms. The van der Waals surface area contributed by atoms with Gasteiger partial charge in [0, 0.05) is 6.04 Å². The molecule has 2 aromatic rings. The van der Waals surface area contributed by atoms with E-state index >= 15 is 0 Å². The Kier molecular flexibility index (Phi) is 6.66.